The van der Waals surface area contributed by atoms with Crippen molar-refractivity contribution in [2.45, 2.75) is 26.3 Å². The Labute approximate surface area is 102 Å². The van der Waals surface area contributed by atoms with Crippen molar-refractivity contribution in [3.05, 3.63) is 29.6 Å². The smallest absolute Gasteiger partial charge is 0.165 e. The lowest BCUT2D eigenvalue weighted by molar-refractivity contribution is 0.293. The second-order valence-corrected chi connectivity index (χ2v) is 3.66. The van der Waals surface area contributed by atoms with E-state index in [1.165, 1.54) is 6.07 Å². The minimum Gasteiger partial charge on any atom is -0.490 e. The van der Waals surface area contributed by atoms with Gasteiger partial charge in [-0.2, -0.15) is 0 Å². The van der Waals surface area contributed by atoms with Gasteiger partial charge in [-0.15, -0.1) is 12.3 Å². The van der Waals surface area contributed by atoms with Crippen LogP contribution in [0.15, 0.2) is 18.2 Å². The Bertz CT molecular complexity index is 384. The van der Waals surface area contributed by atoms with E-state index in [0.29, 0.717) is 25.3 Å². The molecule has 2 nitrogen and oxygen atoms in total. The molecule has 0 aliphatic rings. The van der Waals surface area contributed by atoms with Crippen LogP contribution in [-0.4, -0.2) is 13.2 Å². The summed E-state index contributed by atoms with van der Waals surface area (Å²) in [4.78, 5) is 0. The highest BCUT2D eigenvalue weighted by Crippen LogP contribution is 2.22. The van der Waals surface area contributed by atoms with Crippen LogP contribution >= 0.6 is 0 Å². The Morgan fingerprint density at radius 3 is 3.00 bits per heavy atom. The van der Waals surface area contributed by atoms with E-state index in [1.807, 2.05) is 13.0 Å². The van der Waals surface area contributed by atoms with Crippen molar-refractivity contribution in [1.82, 2.24) is 5.32 Å². The maximum atomic E-state index is 13.6. The second-order valence-electron chi connectivity index (χ2n) is 3.66. The van der Waals surface area contributed by atoms with Gasteiger partial charge in [-0.25, -0.2) is 4.39 Å². The third-order valence-electron chi connectivity index (χ3n) is 2.33. The molecule has 0 bridgehead atoms. The van der Waals surface area contributed by atoms with Crippen LogP contribution in [0.1, 0.15) is 25.3 Å². The third-order valence-corrected chi connectivity index (χ3v) is 2.33. The fraction of sp³-hybridized carbons (Fsp3) is 0.429. The monoisotopic (exact) mass is 235 g/mol. The van der Waals surface area contributed by atoms with Crippen LogP contribution in [0.4, 0.5) is 4.39 Å². The Morgan fingerprint density at radius 1 is 1.47 bits per heavy atom. The maximum Gasteiger partial charge on any atom is 0.165 e. The van der Waals surface area contributed by atoms with E-state index in [0.717, 1.165) is 18.5 Å². The minimum absolute atomic E-state index is 0.318. The lowest BCUT2D eigenvalue weighted by Crippen LogP contribution is -2.13. The molecule has 0 amide bonds. The van der Waals surface area contributed by atoms with Crippen molar-refractivity contribution in [2.24, 2.45) is 0 Å². The van der Waals surface area contributed by atoms with Crippen LogP contribution in [0, 0.1) is 18.2 Å². The van der Waals surface area contributed by atoms with Crippen LogP contribution in [0.5, 0.6) is 5.75 Å². The van der Waals surface area contributed by atoms with Crippen LogP contribution < -0.4 is 10.1 Å². The number of benzene rings is 1. The van der Waals surface area contributed by atoms with Crippen LogP contribution in [-0.2, 0) is 6.54 Å². The Hall–Kier alpha value is -1.53. The van der Waals surface area contributed by atoms with Crippen LogP contribution in [0.2, 0.25) is 0 Å². The average Bonchev–Trinajstić information content (AvgIpc) is 2.34. The molecular formula is C14H18FNO. The average molecular weight is 235 g/mol. The van der Waals surface area contributed by atoms with Crippen LogP contribution in [0.25, 0.3) is 0 Å². The van der Waals surface area contributed by atoms with E-state index in [1.54, 1.807) is 6.07 Å². The first-order chi connectivity index (χ1) is 8.29. The molecule has 0 aliphatic carbocycles. The molecule has 1 aromatic carbocycles. The van der Waals surface area contributed by atoms with Gasteiger partial charge in [-0.1, -0.05) is 19.1 Å². The Balaban J connectivity index is 2.63. The van der Waals surface area contributed by atoms with Gasteiger partial charge in [0.1, 0.15) is 0 Å². The molecular weight excluding hydrogens is 217 g/mol. The predicted octanol–water partition coefficient (Wildman–Crippen LogP) is 2.73. The fourth-order valence-electron chi connectivity index (χ4n) is 1.46. The van der Waals surface area contributed by atoms with E-state index in [9.17, 15) is 4.39 Å². The van der Waals surface area contributed by atoms with Gasteiger partial charge in [0.05, 0.1) is 6.61 Å². The maximum absolute atomic E-state index is 13.6. The summed E-state index contributed by atoms with van der Waals surface area (Å²) in [7, 11) is 0. The van der Waals surface area contributed by atoms with Gasteiger partial charge < -0.3 is 10.1 Å². The molecule has 0 unspecified atom stereocenters. The van der Waals surface area contributed by atoms with E-state index in [4.69, 9.17) is 11.2 Å². The largest absolute Gasteiger partial charge is 0.490 e. The van der Waals surface area contributed by atoms with Crippen molar-refractivity contribution in [1.29, 1.82) is 0 Å². The summed E-state index contributed by atoms with van der Waals surface area (Å²) in [5.41, 5.74) is 0.840. The van der Waals surface area contributed by atoms with Crippen molar-refractivity contribution < 1.29 is 9.13 Å². The van der Waals surface area contributed by atoms with Gasteiger partial charge in [0.25, 0.3) is 0 Å². The molecule has 1 N–H and O–H groups in total. The minimum atomic E-state index is -0.318. The first-order valence-electron chi connectivity index (χ1n) is 5.84. The molecule has 0 heterocycles. The number of nitrogens with one attached hydrogen (secondary N) is 1. The molecule has 0 spiro atoms. The Kier molecular flexibility index (Phi) is 6.13. The Morgan fingerprint density at radius 2 is 2.29 bits per heavy atom. The summed E-state index contributed by atoms with van der Waals surface area (Å²) >= 11 is 0. The van der Waals surface area contributed by atoms with Crippen molar-refractivity contribution >= 4 is 0 Å². The lowest BCUT2D eigenvalue weighted by atomic mass is 10.2. The number of para-hydroxylation sites is 1. The van der Waals surface area contributed by atoms with E-state index in [-0.39, 0.29) is 5.82 Å². The van der Waals surface area contributed by atoms with Crippen molar-refractivity contribution in [2.75, 3.05) is 13.2 Å². The zero-order valence-corrected chi connectivity index (χ0v) is 10.1. The highest BCUT2D eigenvalue weighted by molar-refractivity contribution is 5.34. The summed E-state index contributed by atoms with van der Waals surface area (Å²) in [5.74, 6) is 2.55. The van der Waals surface area contributed by atoms with E-state index >= 15 is 0 Å². The fourth-order valence-corrected chi connectivity index (χ4v) is 1.46. The van der Waals surface area contributed by atoms with Crippen molar-refractivity contribution in [3.63, 3.8) is 0 Å². The van der Waals surface area contributed by atoms with Gasteiger partial charge in [-0.05, 0) is 19.0 Å². The summed E-state index contributed by atoms with van der Waals surface area (Å²) in [6.45, 7) is 3.91. The van der Waals surface area contributed by atoms with Gasteiger partial charge in [0, 0.05) is 18.5 Å². The normalized spacial score (nSPS) is 9.94. The number of unbranched alkanes of at least 4 members (excludes halogenated alkanes) is 1. The summed E-state index contributed by atoms with van der Waals surface area (Å²) in [5, 5.41) is 3.15. The number of hydrogen-bond donors (Lipinski definition) is 1. The van der Waals surface area contributed by atoms with E-state index in [2.05, 4.69) is 11.2 Å². The number of halogens is 1. The molecule has 0 radical (unpaired) electrons. The first-order valence-corrected chi connectivity index (χ1v) is 5.84. The highest BCUT2D eigenvalue weighted by Gasteiger charge is 2.08. The van der Waals surface area contributed by atoms with Gasteiger partial charge in [0.2, 0.25) is 0 Å². The standard InChI is InChI=1S/C14H18FNO/c1-3-5-6-10-17-14-12(11-16-4-2)8-7-9-13(14)15/h1,7-9,16H,4-6,10-11H2,2H3. The van der Waals surface area contributed by atoms with E-state index < -0.39 is 0 Å². The molecule has 3 heteroatoms. The highest BCUT2D eigenvalue weighted by atomic mass is 19.1. The molecule has 0 fully saturated rings. The van der Waals surface area contributed by atoms with Gasteiger partial charge in [0.15, 0.2) is 11.6 Å². The quantitative estimate of drug-likeness (QED) is 0.579. The zero-order chi connectivity index (χ0) is 12.5. The summed E-state index contributed by atoms with van der Waals surface area (Å²) in [6, 6.07) is 4.96. The molecule has 92 valence electrons. The first kappa shape index (κ1) is 13.5. The number of terminal acetylenes is 1. The SMILES string of the molecule is C#CCCCOc1c(F)cccc1CNCC. The number of hydrogen-bond acceptors (Lipinski definition) is 2. The summed E-state index contributed by atoms with van der Waals surface area (Å²) in [6.07, 6.45) is 6.54. The summed E-state index contributed by atoms with van der Waals surface area (Å²) < 4.78 is 19.0. The molecule has 0 aliphatic heterocycles. The van der Waals surface area contributed by atoms with Crippen molar-refractivity contribution in [3.8, 4) is 18.1 Å². The molecule has 0 saturated carbocycles. The number of ether oxygens (including phenoxy) is 1. The lowest BCUT2D eigenvalue weighted by Gasteiger charge is -2.12. The van der Waals surface area contributed by atoms with Gasteiger partial charge in [-0.3, -0.25) is 0 Å². The molecule has 0 atom stereocenters. The molecule has 1 aromatic rings. The van der Waals surface area contributed by atoms with Crippen LogP contribution in [0.3, 0.4) is 0 Å². The zero-order valence-electron chi connectivity index (χ0n) is 10.1. The molecule has 1 rings (SSSR count). The molecule has 17 heavy (non-hydrogen) atoms. The number of rotatable bonds is 7. The molecule has 0 aromatic heterocycles. The topological polar surface area (TPSA) is 21.3 Å². The predicted molar refractivity (Wildman–Crippen MR) is 67.3 cm³/mol. The second kappa shape index (κ2) is 7.70. The third kappa shape index (κ3) is 4.46. The van der Waals surface area contributed by atoms with Gasteiger partial charge >= 0.3 is 0 Å². The molecule has 0 saturated heterocycles.